The van der Waals surface area contributed by atoms with Gasteiger partial charge in [0.05, 0.1) is 11.4 Å². The summed E-state index contributed by atoms with van der Waals surface area (Å²) >= 11 is 0. The molecule has 3 heterocycles. The number of hydrogen-bond donors (Lipinski definition) is 0. The molecular formula is C55H49IrN3O-2. The van der Waals surface area contributed by atoms with E-state index in [2.05, 4.69) is 78.6 Å². The molecule has 10 rings (SSSR count). The maximum Gasteiger partial charge on any atom is 0.120 e. The van der Waals surface area contributed by atoms with E-state index in [1.54, 1.807) is 12.3 Å². The molecule has 3 aromatic heterocycles. The third-order valence-electron chi connectivity index (χ3n) is 11.8. The zero-order chi connectivity index (χ0) is 43.9. The van der Waals surface area contributed by atoms with Gasteiger partial charge in [0.15, 0.2) is 0 Å². The predicted octanol–water partition coefficient (Wildman–Crippen LogP) is 14.7. The predicted molar refractivity (Wildman–Crippen MR) is 244 cm³/mol. The van der Waals surface area contributed by atoms with Crippen molar-refractivity contribution < 1.29 is 30.0 Å². The normalized spacial score (nSPS) is 15.5. The Hall–Kier alpha value is -5.87. The van der Waals surface area contributed by atoms with Gasteiger partial charge in [-0.3, -0.25) is 4.98 Å². The Morgan fingerprint density at radius 3 is 2.25 bits per heavy atom. The van der Waals surface area contributed by atoms with Crippen LogP contribution in [-0.4, -0.2) is 14.5 Å². The Morgan fingerprint density at radius 1 is 0.717 bits per heavy atom. The number of pyridine rings is 1. The van der Waals surface area contributed by atoms with Crippen LogP contribution in [0, 0.1) is 38.2 Å². The van der Waals surface area contributed by atoms with Crippen molar-refractivity contribution in [1.82, 2.24) is 14.5 Å². The minimum atomic E-state index is -2.29. The second-order valence-corrected chi connectivity index (χ2v) is 16.4. The minimum Gasteiger partial charge on any atom is -0.501 e. The maximum absolute atomic E-state index is 9.19. The second kappa shape index (κ2) is 17.4. The minimum absolute atomic E-state index is 0. The average Bonchev–Trinajstić information content (AvgIpc) is 3.93. The number of benzene rings is 6. The third-order valence-corrected chi connectivity index (χ3v) is 11.8. The van der Waals surface area contributed by atoms with Crippen LogP contribution in [0.25, 0.3) is 72.5 Å². The van der Waals surface area contributed by atoms with Gasteiger partial charge in [-0.2, -0.15) is 0 Å². The standard InChI is InChI=1S/C38H34NO.C17H15N2.Ir/c1-25-23-29(27-17-20-38(2,3)21-18-27)15-16-31(25)28-13-11-26(12-14-28)30-19-22-39-35(24-30)34-9-6-8-33-32-7-4-5-10-36(32)40-37(33)34;1-13-7-6-8-14(2)16(13)19-12-11-18-17(19)15-9-4-3-5-10-15;/h4-8,10-16,19,22-24,27H,17-18,20-21H2,1-3H3;3-9,11-12H,1-2H3;/q2*-1;/i1D3,27D;;. The van der Waals surface area contributed by atoms with E-state index in [1.807, 2.05) is 116 Å². The molecular weight excluding hydrogens is 911 g/mol. The molecule has 4 nitrogen and oxygen atoms in total. The number of nitrogens with zero attached hydrogens (tertiary/aromatic N) is 3. The van der Waals surface area contributed by atoms with Crippen LogP contribution in [0.3, 0.4) is 0 Å². The van der Waals surface area contributed by atoms with Gasteiger partial charge < -0.3 is 14.0 Å². The summed E-state index contributed by atoms with van der Waals surface area (Å²) in [6.07, 6.45) is 9.04. The van der Waals surface area contributed by atoms with Gasteiger partial charge in [-0.15, -0.1) is 54.1 Å². The summed E-state index contributed by atoms with van der Waals surface area (Å²) in [7, 11) is 0. The van der Waals surface area contributed by atoms with E-state index in [4.69, 9.17) is 8.53 Å². The molecule has 0 bridgehead atoms. The summed E-state index contributed by atoms with van der Waals surface area (Å²) in [5.74, 6) is 0.180. The number of rotatable bonds is 6. The van der Waals surface area contributed by atoms with Gasteiger partial charge in [0.2, 0.25) is 0 Å². The molecule has 0 N–H and O–H groups in total. The molecule has 0 aliphatic heterocycles. The van der Waals surface area contributed by atoms with Crippen LogP contribution in [0.15, 0.2) is 156 Å². The summed E-state index contributed by atoms with van der Waals surface area (Å²) in [6.45, 7) is 6.46. The van der Waals surface area contributed by atoms with Gasteiger partial charge in [0.25, 0.3) is 0 Å². The first-order valence-electron chi connectivity index (χ1n) is 22.4. The Kier molecular flexibility index (Phi) is 10.4. The molecule has 0 spiro atoms. The number of para-hydroxylation sites is 2. The Labute approximate surface area is 373 Å². The molecule has 1 aliphatic rings. The van der Waals surface area contributed by atoms with Crippen molar-refractivity contribution in [2.24, 2.45) is 5.41 Å². The summed E-state index contributed by atoms with van der Waals surface area (Å²) in [5.41, 5.74) is 12.7. The summed E-state index contributed by atoms with van der Waals surface area (Å²) in [5, 5.41) is 2.10. The van der Waals surface area contributed by atoms with E-state index in [0.29, 0.717) is 11.1 Å². The van der Waals surface area contributed by atoms with E-state index in [0.717, 1.165) is 92.5 Å². The van der Waals surface area contributed by atoms with Crippen molar-refractivity contribution in [3.63, 3.8) is 0 Å². The van der Waals surface area contributed by atoms with Crippen LogP contribution >= 0.6 is 0 Å². The van der Waals surface area contributed by atoms with Gasteiger partial charge in [0, 0.05) is 55.3 Å². The average molecular weight is 964 g/mol. The summed E-state index contributed by atoms with van der Waals surface area (Å²) in [4.78, 5) is 9.13. The topological polar surface area (TPSA) is 43.9 Å². The fourth-order valence-corrected chi connectivity index (χ4v) is 8.40. The van der Waals surface area contributed by atoms with Crippen molar-refractivity contribution in [3.8, 4) is 50.6 Å². The SMILES string of the molecule is Cc1cccc(C)c1-n1ccnc1-c1[c-]cccc1.[2H]C([2H])([2H])c1cc(C2([2H])CCC(C)(C)CC2)ccc1-c1ccc(-c2ccnc(-c3[c-]ccc4c3oc3ccccc34)c2)cc1.[Ir]. The van der Waals surface area contributed by atoms with Gasteiger partial charge in [-0.05, 0) is 120 Å². The maximum atomic E-state index is 9.19. The monoisotopic (exact) mass is 964 g/mol. The number of hydrogen-bond acceptors (Lipinski definition) is 3. The van der Waals surface area contributed by atoms with E-state index >= 15 is 0 Å². The van der Waals surface area contributed by atoms with E-state index < -0.39 is 12.7 Å². The molecule has 0 amide bonds. The summed E-state index contributed by atoms with van der Waals surface area (Å²) < 4.78 is 42.5. The third kappa shape index (κ3) is 8.30. The molecule has 1 fully saturated rings. The Bertz CT molecular complexity index is 3050. The first-order valence-corrected chi connectivity index (χ1v) is 20.4. The van der Waals surface area contributed by atoms with Gasteiger partial charge in [0.1, 0.15) is 5.58 Å². The molecule has 9 aromatic rings. The summed E-state index contributed by atoms with van der Waals surface area (Å²) in [6, 6.07) is 50.4. The van der Waals surface area contributed by atoms with Gasteiger partial charge >= 0.3 is 0 Å². The molecule has 1 radical (unpaired) electrons. The Morgan fingerprint density at radius 2 is 1.48 bits per heavy atom. The fourth-order valence-electron chi connectivity index (χ4n) is 8.40. The molecule has 0 atom stereocenters. The van der Waals surface area contributed by atoms with E-state index in [9.17, 15) is 1.37 Å². The fraction of sp³-hybridized carbons (Fsp3) is 0.200. The zero-order valence-electron chi connectivity index (χ0n) is 38.3. The van der Waals surface area contributed by atoms with Crippen molar-refractivity contribution in [2.45, 2.75) is 66.1 Å². The van der Waals surface area contributed by atoms with Gasteiger partial charge in [-0.25, -0.2) is 0 Å². The number of furan rings is 1. The molecule has 1 aliphatic carbocycles. The number of imidazole rings is 1. The van der Waals surface area contributed by atoms with Crippen molar-refractivity contribution >= 4 is 21.9 Å². The van der Waals surface area contributed by atoms with E-state index in [1.165, 1.54) is 16.8 Å². The van der Waals surface area contributed by atoms with Crippen LogP contribution in [0.1, 0.15) is 73.2 Å². The molecule has 0 saturated heterocycles. The molecule has 6 aromatic carbocycles. The Balaban J connectivity index is 0.000000234. The smallest absolute Gasteiger partial charge is 0.120 e. The van der Waals surface area contributed by atoms with Crippen LogP contribution in [-0.2, 0) is 20.1 Å². The van der Waals surface area contributed by atoms with Crippen LogP contribution in [0.4, 0.5) is 0 Å². The largest absolute Gasteiger partial charge is 0.501 e. The quantitative estimate of drug-likeness (QED) is 0.156. The molecule has 301 valence electrons. The number of aromatic nitrogens is 3. The zero-order valence-corrected chi connectivity index (χ0v) is 36.7. The number of fused-ring (bicyclic) bond motifs is 3. The second-order valence-electron chi connectivity index (χ2n) is 16.4. The first-order chi connectivity index (χ1) is 30.3. The van der Waals surface area contributed by atoms with Gasteiger partial charge in [-0.1, -0.05) is 110 Å². The molecule has 0 unspecified atom stereocenters. The molecule has 1 saturated carbocycles. The molecule has 60 heavy (non-hydrogen) atoms. The van der Waals surface area contributed by atoms with Crippen LogP contribution < -0.4 is 0 Å². The van der Waals surface area contributed by atoms with Crippen molar-refractivity contribution in [1.29, 1.82) is 0 Å². The van der Waals surface area contributed by atoms with Crippen LogP contribution in [0.2, 0.25) is 0 Å². The molecule has 5 heteroatoms. The van der Waals surface area contributed by atoms with Crippen LogP contribution in [0.5, 0.6) is 0 Å². The van der Waals surface area contributed by atoms with E-state index in [-0.39, 0.29) is 25.5 Å². The number of aryl methyl sites for hydroxylation is 3. The van der Waals surface area contributed by atoms with Crippen molar-refractivity contribution in [2.75, 3.05) is 0 Å². The van der Waals surface area contributed by atoms with Crippen molar-refractivity contribution in [3.05, 3.63) is 186 Å². The first kappa shape index (κ1) is 36.0.